The van der Waals surface area contributed by atoms with Gasteiger partial charge in [0.2, 0.25) is 0 Å². The Kier molecular flexibility index (Phi) is 8.25. The van der Waals surface area contributed by atoms with Gasteiger partial charge < -0.3 is 19.1 Å². The number of Topliss-reactive ketones (excluding diaryl/α,β-unsaturated/α-hetero) is 1. The summed E-state index contributed by atoms with van der Waals surface area (Å²) in [6.45, 7) is 8.51. The molecule has 1 atom stereocenters. The molecule has 0 amide bonds. The van der Waals surface area contributed by atoms with E-state index in [-0.39, 0.29) is 5.78 Å². The van der Waals surface area contributed by atoms with Crippen molar-refractivity contribution in [2.75, 3.05) is 45.3 Å². The molecule has 0 N–H and O–H groups in total. The number of hydrogen-bond acceptors (Lipinski definition) is 7. The van der Waals surface area contributed by atoms with Gasteiger partial charge >= 0.3 is 6.16 Å². The van der Waals surface area contributed by atoms with Gasteiger partial charge in [0.15, 0.2) is 5.78 Å². The average molecular weight is 453 g/mol. The number of ether oxygens (including phenoxy) is 3. The molecule has 176 valence electrons. The number of anilines is 1. The molecular weight excluding hydrogens is 420 g/mol. The summed E-state index contributed by atoms with van der Waals surface area (Å²) < 4.78 is 15.1. The number of nitrogens with zero attached hydrogens (tertiary/aromatic N) is 2. The third-order valence-electron chi connectivity index (χ3n) is 6.17. The highest BCUT2D eigenvalue weighted by atomic mass is 16.7. The summed E-state index contributed by atoms with van der Waals surface area (Å²) in [5, 5.41) is 0. The second kappa shape index (κ2) is 11.1. The highest BCUT2D eigenvalue weighted by Gasteiger charge is 2.39. The summed E-state index contributed by atoms with van der Waals surface area (Å²) in [7, 11) is 3.87. The van der Waals surface area contributed by atoms with Crippen LogP contribution in [0.5, 0.6) is 5.75 Å². The lowest BCUT2D eigenvalue weighted by Crippen LogP contribution is -2.52. The Morgan fingerprint density at radius 3 is 2.27 bits per heavy atom. The molecular formula is C26H32N2O5. The standard InChI is InChI=1S/C26H32N2O5/c1-5-26(27(3)4,19-20-7-13-23(14-8-20)33-25(30)32-6-2)24(29)21-9-11-22(12-10-21)28-15-17-31-18-16-28/h6-14H,2,5,15-19H2,1,3-4H3. The molecule has 2 aromatic rings. The summed E-state index contributed by atoms with van der Waals surface area (Å²) in [6, 6.07) is 15.0. The number of carbonyl (C=O) groups is 2. The molecule has 0 spiro atoms. The molecule has 7 nitrogen and oxygen atoms in total. The maximum atomic E-state index is 13.7. The number of rotatable bonds is 9. The monoisotopic (exact) mass is 452 g/mol. The predicted molar refractivity (Wildman–Crippen MR) is 128 cm³/mol. The van der Waals surface area contributed by atoms with E-state index < -0.39 is 11.7 Å². The molecule has 1 fully saturated rings. The summed E-state index contributed by atoms with van der Waals surface area (Å²) >= 11 is 0. The normalized spacial score (nSPS) is 15.6. The maximum Gasteiger partial charge on any atom is 0.518 e. The number of hydrogen-bond donors (Lipinski definition) is 0. The van der Waals surface area contributed by atoms with Crippen molar-refractivity contribution >= 4 is 17.6 Å². The third-order valence-corrected chi connectivity index (χ3v) is 6.17. The van der Waals surface area contributed by atoms with Crippen LogP contribution in [-0.4, -0.2) is 62.8 Å². The van der Waals surface area contributed by atoms with Gasteiger partial charge in [-0.05, 0) is 68.9 Å². The Morgan fingerprint density at radius 1 is 1.09 bits per heavy atom. The van der Waals surface area contributed by atoms with Crippen LogP contribution in [0.4, 0.5) is 10.5 Å². The van der Waals surface area contributed by atoms with E-state index in [1.807, 2.05) is 62.3 Å². The van der Waals surface area contributed by atoms with Gasteiger partial charge in [0.25, 0.3) is 0 Å². The van der Waals surface area contributed by atoms with Gasteiger partial charge in [-0.15, -0.1) is 0 Å². The van der Waals surface area contributed by atoms with Crippen molar-refractivity contribution in [1.29, 1.82) is 0 Å². The Bertz CT molecular complexity index is 950. The van der Waals surface area contributed by atoms with Crippen LogP contribution >= 0.6 is 0 Å². The number of benzene rings is 2. The lowest BCUT2D eigenvalue weighted by atomic mass is 9.80. The van der Waals surface area contributed by atoms with Gasteiger partial charge in [-0.2, -0.15) is 0 Å². The van der Waals surface area contributed by atoms with Crippen LogP contribution in [0.3, 0.4) is 0 Å². The average Bonchev–Trinajstić information content (AvgIpc) is 2.84. The first-order chi connectivity index (χ1) is 15.9. The number of carbonyl (C=O) groups excluding carboxylic acids is 2. The lowest BCUT2D eigenvalue weighted by Gasteiger charge is -2.38. The number of likely N-dealkylation sites (N-methyl/N-ethyl adjacent to an activating group) is 1. The molecule has 0 bridgehead atoms. The van der Waals surface area contributed by atoms with E-state index in [2.05, 4.69) is 16.2 Å². The first-order valence-corrected chi connectivity index (χ1v) is 11.1. The van der Waals surface area contributed by atoms with E-state index in [4.69, 9.17) is 9.47 Å². The molecule has 1 aliphatic heterocycles. The SMILES string of the molecule is C=COC(=O)Oc1ccc(CC(CC)(C(=O)c2ccc(N3CCOCC3)cc2)N(C)C)cc1. The number of ketones is 1. The fourth-order valence-corrected chi connectivity index (χ4v) is 4.16. The molecule has 0 aliphatic carbocycles. The van der Waals surface area contributed by atoms with Crippen LogP contribution in [0, 0.1) is 0 Å². The second-order valence-corrected chi connectivity index (χ2v) is 8.21. The van der Waals surface area contributed by atoms with E-state index in [0.29, 0.717) is 24.2 Å². The van der Waals surface area contributed by atoms with Crippen molar-refractivity contribution < 1.29 is 23.8 Å². The molecule has 33 heavy (non-hydrogen) atoms. The first kappa shape index (κ1) is 24.5. The van der Waals surface area contributed by atoms with Crippen LogP contribution in [0.15, 0.2) is 61.4 Å². The molecule has 0 saturated carbocycles. The van der Waals surface area contributed by atoms with Crippen molar-refractivity contribution in [3.8, 4) is 5.75 Å². The fraction of sp³-hybridized carbons (Fsp3) is 0.385. The van der Waals surface area contributed by atoms with Crippen LogP contribution < -0.4 is 9.64 Å². The van der Waals surface area contributed by atoms with Crippen molar-refractivity contribution in [2.45, 2.75) is 25.3 Å². The minimum atomic E-state index is -0.843. The Hall–Kier alpha value is -3.16. The van der Waals surface area contributed by atoms with E-state index in [9.17, 15) is 9.59 Å². The van der Waals surface area contributed by atoms with Gasteiger partial charge in [0.1, 0.15) is 5.75 Å². The molecule has 1 aliphatic rings. The van der Waals surface area contributed by atoms with Crippen LogP contribution in [0.2, 0.25) is 0 Å². The van der Waals surface area contributed by atoms with Crippen LogP contribution in [0.1, 0.15) is 29.3 Å². The van der Waals surface area contributed by atoms with Gasteiger partial charge in [0, 0.05) is 24.3 Å². The Balaban J connectivity index is 1.78. The Morgan fingerprint density at radius 2 is 1.73 bits per heavy atom. The molecule has 0 radical (unpaired) electrons. The largest absolute Gasteiger partial charge is 0.518 e. The lowest BCUT2D eigenvalue weighted by molar-refractivity contribution is 0.0666. The van der Waals surface area contributed by atoms with Gasteiger partial charge in [-0.3, -0.25) is 9.69 Å². The summed E-state index contributed by atoms with van der Waals surface area (Å²) in [5.74, 6) is 0.445. The summed E-state index contributed by atoms with van der Waals surface area (Å²) in [6.07, 6.45) is 1.35. The molecule has 1 saturated heterocycles. The van der Waals surface area contributed by atoms with Gasteiger partial charge in [-0.1, -0.05) is 25.6 Å². The highest BCUT2D eigenvalue weighted by molar-refractivity contribution is 6.03. The van der Waals surface area contributed by atoms with Crippen molar-refractivity contribution in [1.82, 2.24) is 4.90 Å². The number of morpholine rings is 1. The van der Waals surface area contributed by atoms with Crippen molar-refractivity contribution in [3.05, 3.63) is 72.5 Å². The van der Waals surface area contributed by atoms with E-state index in [1.54, 1.807) is 12.1 Å². The van der Waals surface area contributed by atoms with E-state index in [1.165, 1.54) is 0 Å². The Labute approximate surface area is 195 Å². The van der Waals surface area contributed by atoms with Crippen molar-refractivity contribution in [3.63, 3.8) is 0 Å². The minimum Gasteiger partial charge on any atom is -0.403 e. The van der Waals surface area contributed by atoms with E-state index >= 15 is 0 Å². The van der Waals surface area contributed by atoms with E-state index in [0.717, 1.165) is 43.8 Å². The molecule has 3 rings (SSSR count). The summed E-state index contributed by atoms with van der Waals surface area (Å²) in [4.78, 5) is 29.5. The minimum absolute atomic E-state index is 0.0819. The molecule has 7 heteroatoms. The quantitative estimate of drug-likeness (QED) is 0.243. The smallest absolute Gasteiger partial charge is 0.403 e. The van der Waals surface area contributed by atoms with Crippen molar-refractivity contribution in [2.24, 2.45) is 0 Å². The zero-order chi connectivity index (χ0) is 23.8. The fourth-order valence-electron chi connectivity index (χ4n) is 4.16. The predicted octanol–water partition coefficient (Wildman–Crippen LogP) is 4.32. The third kappa shape index (κ3) is 5.80. The second-order valence-electron chi connectivity index (χ2n) is 8.21. The zero-order valence-corrected chi connectivity index (χ0v) is 19.6. The van der Waals surface area contributed by atoms with Gasteiger partial charge in [-0.25, -0.2) is 4.79 Å². The topological polar surface area (TPSA) is 68.3 Å². The molecule has 0 aromatic heterocycles. The van der Waals surface area contributed by atoms with Crippen LogP contribution in [0.25, 0.3) is 0 Å². The molecule has 2 aromatic carbocycles. The highest BCUT2D eigenvalue weighted by Crippen LogP contribution is 2.29. The van der Waals surface area contributed by atoms with Crippen LogP contribution in [-0.2, 0) is 15.9 Å². The first-order valence-electron chi connectivity index (χ1n) is 11.1. The zero-order valence-electron chi connectivity index (χ0n) is 19.6. The maximum absolute atomic E-state index is 13.7. The molecule has 1 heterocycles. The summed E-state index contributed by atoms with van der Waals surface area (Å²) in [5.41, 5.74) is 2.06. The van der Waals surface area contributed by atoms with Gasteiger partial charge in [0.05, 0.1) is 25.0 Å². The molecule has 1 unspecified atom stereocenters.